The first-order chi connectivity index (χ1) is 10.1. The van der Waals surface area contributed by atoms with E-state index in [1.54, 1.807) is 13.8 Å². The topological polar surface area (TPSA) is 90.6 Å². The molecule has 2 atom stereocenters. The second kappa shape index (κ2) is 6.60. The number of hydrogen-bond donors (Lipinski definition) is 2. The zero-order chi connectivity index (χ0) is 16.5. The number of nitrogens with one attached hydrogen (secondary N) is 1. The van der Waals surface area contributed by atoms with Crippen LogP contribution in [0.3, 0.4) is 0 Å². The normalized spacial score (nSPS) is 24.6. The van der Waals surface area contributed by atoms with E-state index >= 15 is 0 Å². The van der Waals surface area contributed by atoms with Crippen LogP contribution < -0.4 is 10.5 Å². The van der Waals surface area contributed by atoms with Gasteiger partial charge >= 0.3 is 0 Å². The summed E-state index contributed by atoms with van der Waals surface area (Å²) in [6.45, 7) is 3.77. The lowest BCUT2D eigenvalue weighted by molar-refractivity contribution is -0.144. The van der Waals surface area contributed by atoms with E-state index in [0.717, 1.165) is 0 Å². The van der Waals surface area contributed by atoms with Gasteiger partial charge in [0.1, 0.15) is 17.1 Å². The van der Waals surface area contributed by atoms with Crippen molar-refractivity contribution < 1.29 is 17.9 Å². The van der Waals surface area contributed by atoms with Crippen molar-refractivity contribution in [2.75, 3.05) is 13.1 Å². The molecule has 1 aliphatic heterocycles. The molecule has 0 amide bonds. The Labute approximate surface area is 139 Å². The van der Waals surface area contributed by atoms with Crippen LogP contribution in [0.4, 0.5) is 0 Å². The number of nitrogens with two attached hydrogens (primary N) is 1. The van der Waals surface area contributed by atoms with Crippen LogP contribution in [0.25, 0.3) is 0 Å². The van der Waals surface area contributed by atoms with E-state index in [1.165, 1.54) is 18.2 Å². The predicted molar refractivity (Wildman–Crippen MR) is 84.5 cm³/mol. The van der Waals surface area contributed by atoms with Crippen molar-refractivity contribution in [1.82, 2.24) is 4.72 Å². The molecule has 0 spiro atoms. The molecule has 0 saturated carbocycles. The summed E-state index contributed by atoms with van der Waals surface area (Å²) in [6, 6.07) is 4.19. The van der Waals surface area contributed by atoms with E-state index < -0.39 is 21.9 Å². The summed E-state index contributed by atoms with van der Waals surface area (Å²) in [7, 11) is -3.78. The summed E-state index contributed by atoms with van der Waals surface area (Å²) < 4.78 is 38.3. The molecule has 6 nitrogen and oxygen atoms in total. The van der Waals surface area contributed by atoms with Gasteiger partial charge in [-0.25, -0.2) is 13.1 Å². The number of ether oxygens (including phenoxy) is 2. The minimum atomic E-state index is -3.78. The molecule has 1 aliphatic rings. The van der Waals surface area contributed by atoms with E-state index in [1.807, 2.05) is 0 Å². The quantitative estimate of drug-likeness (QED) is 0.825. The third-order valence-corrected chi connectivity index (χ3v) is 5.32. The predicted octanol–water partition coefficient (Wildman–Crippen LogP) is 1.75. The zero-order valence-electron chi connectivity index (χ0n) is 12.2. The minimum Gasteiger partial charge on any atom is -0.343 e. The zero-order valence-corrected chi connectivity index (χ0v) is 14.5. The van der Waals surface area contributed by atoms with Crippen molar-refractivity contribution in [3.05, 3.63) is 28.2 Å². The largest absolute Gasteiger partial charge is 0.343 e. The third kappa shape index (κ3) is 4.11. The van der Waals surface area contributed by atoms with Gasteiger partial charge in [0.05, 0.1) is 5.02 Å². The molecule has 0 bridgehead atoms. The lowest BCUT2D eigenvalue weighted by atomic mass is 10.2. The monoisotopic (exact) mass is 368 g/mol. The Bertz CT molecular complexity index is 651. The molecule has 2 rings (SSSR count). The molecule has 0 unspecified atom stereocenters. The van der Waals surface area contributed by atoms with E-state index in [9.17, 15) is 8.42 Å². The minimum absolute atomic E-state index is 0.0343. The van der Waals surface area contributed by atoms with Crippen molar-refractivity contribution >= 4 is 33.2 Å². The van der Waals surface area contributed by atoms with Crippen LogP contribution in [0.1, 0.15) is 13.8 Å². The van der Waals surface area contributed by atoms with E-state index in [-0.39, 0.29) is 29.1 Å². The van der Waals surface area contributed by atoms with Crippen LogP contribution in [0, 0.1) is 0 Å². The summed E-state index contributed by atoms with van der Waals surface area (Å²) in [4.78, 5) is -0.0407. The summed E-state index contributed by atoms with van der Waals surface area (Å²) in [5.74, 6) is -0.794. The summed E-state index contributed by atoms with van der Waals surface area (Å²) >= 11 is 11.7. The summed E-state index contributed by atoms with van der Waals surface area (Å²) in [5, 5.41) is 0.417. The highest BCUT2D eigenvalue weighted by atomic mass is 35.5. The van der Waals surface area contributed by atoms with Gasteiger partial charge in [0.2, 0.25) is 10.0 Å². The average molecular weight is 369 g/mol. The van der Waals surface area contributed by atoms with Crippen LogP contribution in [-0.4, -0.2) is 39.5 Å². The SMILES string of the molecule is CC1(C)O[C@H](CN)[C@@H](CNS(=O)(=O)c2ccc(Cl)cc2Cl)O1. The van der Waals surface area contributed by atoms with Crippen molar-refractivity contribution in [3.63, 3.8) is 0 Å². The van der Waals surface area contributed by atoms with Crippen LogP contribution >= 0.6 is 23.2 Å². The van der Waals surface area contributed by atoms with Gasteiger partial charge in [-0.2, -0.15) is 0 Å². The highest BCUT2D eigenvalue weighted by Gasteiger charge is 2.40. The fraction of sp³-hybridized carbons (Fsp3) is 0.538. The lowest BCUT2D eigenvalue weighted by Crippen LogP contribution is -2.40. The van der Waals surface area contributed by atoms with Gasteiger partial charge < -0.3 is 15.2 Å². The standard InChI is InChI=1S/C13H18Cl2N2O4S/c1-13(2)20-10(6-16)11(21-13)7-17-22(18,19)12-4-3-8(14)5-9(12)15/h3-5,10-11,17H,6-7,16H2,1-2H3/t10-,11-/m1/s1. The first-order valence-corrected chi connectivity index (χ1v) is 8.89. The molecular formula is C13H18Cl2N2O4S. The smallest absolute Gasteiger partial charge is 0.242 e. The van der Waals surface area contributed by atoms with Crippen molar-refractivity contribution in [3.8, 4) is 0 Å². The van der Waals surface area contributed by atoms with Crippen LogP contribution in [-0.2, 0) is 19.5 Å². The van der Waals surface area contributed by atoms with Crippen LogP contribution in [0.5, 0.6) is 0 Å². The van der Waals surface area contributed by atoms with Crippen molar-refractivity contribution in [2.45, 2.75) is 36.7 Å². The van der Waals surface area contributed by atoms with Gasteiger partial charge in [-0.15, -0.1) is 0 Å². The van der Waals surface area contributed by atoms with Crippen molar-refractivity contribution in [2.24, 2.45) is 5.73 Å². The molecule has 9 heteroatoms. The van der Waals surface area contributed by atoms with E-state index in [4.69, 9.17) is 38.4 Å². The Kier molecular flexibility index (Phi) is 5.38. The number of sulfonamides is 1. The fourth-order valence-corrected chi connectivity index (χ4v) is 4.06. The number of rotatable bonds is 5. The highest BCUT2D eigenvalue weighted by Crippen LogP contribution is 2.28. The highest BCUT2D eigenvalue weighted by molar-refractivity contribution is 7.89. The Morgan fingerprint density at radius 1 is 1.27 bits per heavy atom. The summed E-state index contributed by atoms with van der Waals surface area (Å²) in [5.41, 5.74) is 5.62. The fourth-order valence-electron chi connectivity index (χ4n) is 2.24. The lowest BCUT2D eigenvalue weighted by Gasteiger charge is -2.17. The van der Waals surface area contributed by atoms with Crippen molar-refractivity contribution in [1.29, 1.82) is 0 Å². The second-order valence-electron chi connectivity index (χ2n) is 5.37. The van der Waals surface area contributed by atoms with Gasteiger partial charge in [-0.3, -0.25) is 0 Å². The van der Waals surface area contributed by atoms with Gasteiger partial charge in [-0.1, -0.05) is 23.2 Å². The molecule has 124 valence electrons. The molecule has 0 aliphatic carbocycles. The number of hydrogen-bond acceptors (Lipinski definition) is 5. The second-order valence-corrected chi connectivity index (χ2v) is 7.95. The maximum atomic E-state index is 12.3. The Hall–Kier alpha value is -0.410. The molecule has 1 aromatic rings. The molecule has 1 fully saturated rings. The van der Waals surface area contributed by atoms with Gasteiger partial charge in [0, 0.05) is 18.1 Å². The van der Waals surface area contributed by atoms with Gasteiger partial charge in [0.15, 0.2) is 5.79 Å². The molecular weight excluding hydrogens is 351 g/mol. The van der Waals surface area contributed by atoms with E-state index in [2.05, 4.69) is 4.72 Å². The maximum Gasteiger partial charge on any atom is 0.242 e. The van der Waals surface area contributed by atoms with Gasteiger partial charge in [0.25, 0.3) is 0 Å². The molecule has 1 saturated heterocycles. The third-order valence-electron chi connectivity index (χ3n) is 3.18. The summed E-state index contributed by atoms with van der Waals surface area (Å²) in [6.07, 6.45) is -0.848. The average Bonchev–Trinajstić information content (AvgIpc) is 2.70. The number of halogens is 2. The Morgan fingerprint density at radius 2 is 1.91 bits per heavy atom. The maximum absolute atomic E-state index is 12.3. The molecule has 0 aromatic heterocycles. The molecule has 0 radical (unpaired) electrons. The molecule has 22 heavy (non-hydrogen) atoms. The molecule has 1 heterocycles. The first-order valence-electron chi connectivity index (χ1n) is 6.65. The molecule has 3 N–H and O–H groups in total. The number of benzene rings is 1. The Balaban J connectivity index is 2.10. The van der Waals surface area contributed by atoms with Crippen LogP contribution in [0.15, 0.2) is 23.1 Å². The molecule has 1 aromatic carbocycles. The van der Waals surface area contributed by atoms with Gasteiger partial charge in [-0.05, 0) is 32.0 Å². The first kappa shape index (κ1) is 17.9. The Morgan fingerprint density at radius 3 is 2.50 bits per heavy atom. The van der Waals surface area contributed by atoms with Crippen LogP contribution in [0.2, 0.25) is 10.0 Å². The van der Waals surface area contributed by atoms with E-state index in [0.29, 0.717) is 5.02 Å².